The largest absolute Gasteiger partial charge is 0.395 e. The molecule has 4 N–H and O–H groups in total. The Hall–Kier alpha value is -0.610. The maximum absolute atomic E-state index is 12.0. The first-order chi connectivity index (χ1) is 7.41. The van der Waals surface area contributed by atoms with Gasteiger partial charge in [-0.25, -0.2) is 0 Å². The number of aliphatic hydroxyl groups is 1. The first-order valence-corrected chi connectivity index (χ1v) is 6.05. The van der Waals surface area contributed by atoms with Crippen molar-refractivity contribution in [3.63, 3.8) is 0 Å². The van der Waals surface area contributed by atoms with Crippen molar-refractivity contribution in [2.24, 2.45) is 23.0 Å². The van der Waals surface area contributed by atoms with E-state index in [-0.39, 0.29) is 29.9 Å². The molecule has 1 saturated carbocycles. The molecule has 16 heavy (non-hydrogen) atoms. The topological polar surface area (TPSA) is 75.4 Å². The lowest BCUT2D eigenvalue weighted by Crippen LogP contribution is -2.51. The van der Waals surface area contributed by atoms with Crippen LogP contribution < -0.4 is 11.1 Å². The Kier molecular flexibility index (Phi) is 4.33. The number of carbonyl (C=O) groups excluding carboxylic acids is 1. The van der Waals surface area contributed by atoms with E-state index < -0.39 is 0 Å². The van der Waals surface area contributed by atoms with Crippen LogP contribution in [0.3, 0.4) is 0 Å². The molecular weight excluding hydrogens is 204 g/mol. The van der Waals surface area contributed by atoms with Crippen molar-refractivity contribution in [3.8, 4) is 0 Å². The molecule has 94 valence electrons. The fourth-order valence-electron chi connectivity index (χ4n) is 2.62. The number of nitrogens with two attached hydrogens (primary N) is 1. The van der Waals surface area contributed by atoms with Gasteiger partial charge in [-0.15, -0.1) is 0 Å². The molecule has 0 heterocycles. The predicted octanol–water partition coefficient (Wildman–Crippen LogP) is 0.495. The van der Waals surface area contributed by atoms with E-state index in [1.807, 2.05) is 0 Å². The fraction of sp³-hybridized carbons (Fsp3) is 0.917. The van der Waals surface area contributed by atoms with Gasteiger partial charge in [-0.2, -0.15) is 0 Å². The highest BCUT2D eigenvalue weighted by molar-refractivity contribution is 5.79. The summed E-state index contributed by atoms with van der Waals surface area (Å²) in [6, 6.07) is 0.192. The molecule has 1 aliphatic carbocycles. The van der Waals surface area contributed by atoms with E-state index in [2.05, 4.69) is 26.1 Å². The summed E-state index contributed by atoms with van der Waals surface area (Å²) < 4.78 is 0. The normalized spacial score (nSPS) is 33.4. The predicted molar refractivity (Wildman–Crippen MR) is 63.7 cm³/mol. The van der Waals surface area contributed by atoms with Crippen molar-refractivity contribution in [3.05, 3.63) is 0 Å². The van der Waals surface area contributed by atoms with E-state index in [4.69, 9.17) is 10.8 Å². The van der Waals surface area contributed by atoms with Crippen LogP contribution in [0.5, 0.6) is 0 Å². The lowest BCUT2D eigenvalue weighted by Gasteiger charge is -2.46. The highest BCUT2D eigenvalue weighted by Crippen LogP contribution is 2.44. The van der Waals surface area contributed by atoms with E-state index in [0.29, 0.717) is 12.5 Å². The zero-order valence-corrected chi connectivity index (χ0v) is 10.5. The lowest BCUT2D eigenvalue weighted by molar-refractivity contribution is -0.132. The van der Waals surface area contributed by atoms with Crippen LogP contribution in [0.1, 0.15) is 33.6 Å². The zero-order valence-electron chi connectivity index (χ0n) is 10.5. The van der Waals surface area contributed by atoms with Gasteiger partial charge in [0.2, 0.25) is 5.91 Å². The molecule has 1 amide bonds. The van der Waals surface area contributed by atoms with Gasteiger partial charge in [0.05, 0.1) is 6.61 Å². The van der Waals surface area contributed by atoms with Gasteiger partial charge in [0, 0.05) is 18.5 Å². The van der Waals surface area contributed by atoms with E-state index in [9.17, 15) is 4.79 Å². The molecule has 4 nitrogen and oxygen atoms in total. The minimum absolute atomic E-state index is 0.00600. The van der Waals surface area contributed by atoms with Crippen LogP contribution in [0.15, 0.2) is 0 Å². The first kappa shape index (κ1) is 13.5. The Bertz CT molecular complexity index is 253. The van der Waals surface area contributed by atoms with Crippen molar-refractivity contribution in [1.82, 2.24) is 5.32 Å². The summed E-state index contributed by atoms with van der Waals surface area (Å²) in [5.74, 6) is 0.401. The monoisotopic (exact) mass is 228 g/mol. The van der Waals surface area contributed by atoms with E-state index in [0.717, 1.165) is 12.8 Å². The van der Waals surface area contributed by atoms with Crippen LogP contribution in [0.4, 0.5) is 0 Å². The maximum Gasteiger partial charge on any atom is 0.223 e. The highest BCUT2D eigenvalue weighted by atomic mass is 16.3. The first-order valence-electron chi connectivity index (χ1n) is 6.05. The average Bonchev–Trinajstić information content (AvgIpc) is 2.23. The molecule has 3 unspecified atom stereocenters. The third-order valence-electron chi connectivity index (χ3n) is 4.23. The van der Waals surface area contributed by atoms with Gasteiger partial charge in [0.15, 0.2) is 0 Å². The average molecular weight is 228 g/mol. The van der Waals surface area contributed by atoms with E-state index in [1.165, 1.54) is 0 Å². The number of hydrogen-bond acceptors (Lipinski definition) is 3. The Morgan fingerprint density at radius 3 is 2.69 bits per heavy atom. The summed E-state index contributed by atoms with van der Waals surface area (Å²) in [6.07, 6.45) is 1.75. The van der Waals surface area contributed by atoms with E-state index >= 15 is 0 Å². The number of rotatable bonds is 3. The molecular formula is C12H24N2O2. The Balaban J connectivity index is 2.69. The number of amides is 1. The number of nitrogens with one attached hydrogen (secondary N) is 1. The summed E-state index contributed by atoms with van der Waals surface area (Å²) >= 11 is 0. The Labute approximate surface area is 97.6 Å². The summed E-state index contributed by atoms with van der Waals surface area (Å²) in [6.45, 7) is 6.68. The SMILES string of the molecule is CC1C(N)CCC(C(=O)NCCO)C1(C)C. The van der Waals surface area contributed by atoms with Gasteiger partial charge in [-0.1, -0.05) is 20.8 Å². The Morgan fingerprint density at radius 2 is 2.12 bits per heavy atom. The Morgan fingerprint density at radius 1 is 1.50 bits per heavy atom. The zero-order chi connectivity index (χ0) is 12.3. The van der Waals surface area contributed by atoms with Gasteiger partial charge in [0.1, 0.15) is 0 Å². The standard InChI is InChI=1S/C12H24N2O2/c1-8-10(13)5-4-9(12(8,2)3)11(16)14-6-7-15/h8-10,15H,4-7,13H2,1-3H3,(H,14,16). The van der Waals surface area contributed by atoms with Crippen LogP contribution >= 0.6 is 0 Å². The van der Waals surface area contributed by atoms with Gasteiger partial charge < -0.3 is 16.2 Å². The van der Waals surface area contributed by atoms with Gasteiger partial charge in [-0.05, 0) is 24.2 Å². The molecule has 0 aromatic carbocycles. The number of hydrogen-bond donors (Lipinski definition) is 3. The van der Waals surface area contributed by atoms with Gasteiger partial charge in [0.25, 0.3) is 0 Å². The quantitative estimate of drug-likeness (QED) is 0.658. The molecule has 4 heteroatoms. The molecule has 0 bridgehead atoms. The molecule has 0 spiro atoms. The van der Waals surface area contributed by atoms with Crippen LogP contribution in [0.2, 0.25) is 0 Å². The molecule has 1 aliphatic rings. The van der Waals surface area contributed by atoms with Crippen molar-refractivity contribution in [2.75, 3.05) is 13.2 Å². The minimum Gasteiger partial charge on any atom is -0.395 e. The summed E-state index contributed by atoms with van der Waals surface area (Å²) in [5.41, 5.74) is 5.97. The molecule has 1 rings (SSSR count). The van der Waals surface area contributed by atoms with Crippen LogP contribution in [-0.2, 0) is 4.79 Å². The fourth-order valence-corrected chi connectivity index (χ4v) is 2.62. The van der Waals surface area contributed by atoms with Gasteiger partial charge >= 0.3 is 0 Å². The third-order valence-corrected chi connectivity index (χ3v) is 4.23. The van der Waals surface area contributed by atoms with E-state index in [1.54, 1.807) is 0 Å². The van der Waals surface area contributed by atoms with Crippen molar-refractivity contribution >= 4 is 5.91 Å². The van der Waals surface area contributed by atoms with Crippen LogP contribution in [0.25, 0.3) is 0 Å². The third kappa shape index (κ3) is 2.55. The molecule has 1 fully saturated rings. The van der Waals surface area contributed by atoms with Crippen LogP contribution in [0, 0.1) is 17.3 Å². The summed E-state index contributed by atoms with van der Waals surface area (Å²) in [5, 5.41) is 11.5. The lowest BCUT2D eigenvalue weighted by atomic mass is 9.61. The second-order valence-corrected chi connectivity index (χ2v) is 5.42. The summed E-state index contributed by atoms with van der Waals surface area (Å²) in [4.78, 5) is 12.0. The molecule has 0 radical (unpaired) electrons. The maximum atomic E-state index is 12.0. The minimum atomic E-state index is -0.0722. The second-order valence-electron chi connectivity index (χ2n) is 5.42. The summed E-state index contributed by atoms with van der Waals surface area (Å²) in [7, 11) is 0. The highest BCUT2D eigenvalue weighted by Gasteiger charge is 2.44. The van der Waals surface area contributed by atoms with Crippen molar-refractivity contribution < 1.29 is 9.90 Å². The smallest absolute Gasteiger partial charge is 0.223 e. The molecule has 3 atom stereocenters. The van der Waals surface area contributed by atoms with Gasteiger partial charge in [-0.3, -0.25) is 4.79 Å². The molecule has 0 aliphatic heterocycles. The van der Waals surface area contributed by atoms with Crippen LogP contribution in [-0.4, -0.2) is 30.2 Å². The number of carbonyl (C=O) groups is 1. The number of aliphatic hydroxyl groups excluding tert-OH is 1. The molecule has 0 aromatic rings. The second kappa shape index (κ2) is 5.15. The van der Waals surface area contributed by atoms with Crippen molar-refractivity contribution in [2.45, 2.75) is 39.7 Å². The molecule has 0 aromatic heterocycles. The molecule has 0 saturated heterocycles. The van der Waals surface area contributed by atoms with Crippen molar-refractivity contribution in [1.29, 1.82) is 0 Å².